The molecule has 1 aromatic carbocycles. The summed E-state index contributed by atoms with van der Waals surface area (Å²) in [4.78, 5) is 0. The van der Waals surface area contributed by atoms with E-state index in [9.17, 15) is 0 Å². The lowest BCUT2D eigenvalue weighted by Gasteiger charge is -2.33. The summed E-state index contributed by atoms with van der Waals surface area (Å²) in [7, 11) is 0. The third-order valence-corrected chi connectivity index (χ3v) is 3.11. The molecule has 0 aliphatic carbocycles. The molecule has 1 aromatic rings. The maximum Gasteiger partial charge on any atom is 0.0640 e. The fourth-order valence-electron chi connectivity index (χ4n) is 1.90. The Morgan fingerprint density at radius 2 is 2.15 bits per heavy atom. The number of anilines is 1. The van der Waals surface area contributed by atoms with Crippen molar-refractivity contribution >= 4 is 17.3 Å². The molecule has 13 heavy (non-hydrogen) atoms. The Hall–Kier alpha value is -0.690. The number of nitrogens with one attached hydrogen (secondary N) is 1. The fourth-order valence-corrected chi connectivity index (χ4v) is 2.14. The molecule has 1 aliphatic rings. The molecule has 0 unspecified atom stereocenters. The molecule has 1 heterocycles. The first kappa shape index (κ1) is 8.89. The summed E-state index contributed by atoms with van der Waals surface area (Å²) in [6, 6.07) is 6.12. The van der Waals surface area contributed by atoms with Gasteiger partial charge in [0.05, 0.1) is 10.7 Å². The molecule has 2 rings (SSSR count). The zero-order valence-electron chi connectivity index (χ0n) is 8.02. The largest absolute Gasteiger partial charge is 0.384 e. The van der Waals surface area contributed by atoms with E-state index < -0.39 is 0 Å². The lowest BCUT2D eigenvalue weighted by Crippen LogP contribution is -2.28. The second kappa shape index (κ2) is 2.91. The van der Waals surface area contributed by atoms with Gasteiger partial charge in [0.1, 0.15) is 0 Å². The lowest BCUT2D eigenvalue weighted by molar-refractivity contribution is 0.482. The van der Waals surface area contributed by atoms with Gasteiger partial charge >= 0.3 is 0 Å². The third kappa shape index (κ3) is 1.42. The van der Waals surface area contributed by atoms with E-state index in [0.29, 0.717) is 0 Å². The predicted octanol–water partition coefficient (Wildman–Crippen LogP) is 3.43. The third-order valence-electron chi connectivity index (χ3n) is 2.79. The number of fused-ring (bicyclic) bond motifs is 1. The van der Waals surface area contributed by atoms with Gasteiger partial charge in [-0.05, 0) is 23.5 Å². The van der Waals surface area contributed by atoms with Gasteiger partial charge in [0.25, 0.3) is 0 Å². The molecule has 0 fully saturated rings. The standard InChI is InChI=1S/C11H14ClN/c1-11(2)6-7-13-10-8(11)4-3-5-9(10)12/h3-5,13H,6-7H2,1-2H3. The van der Waals surface area contributed by atoms with Gasteiger partial charge in [-0.2, -0.15) is 0 Å². The summed E-state index contributed by atoms with van der Waals surface area (Å²) in [5.41, 5.74) is 2.72. The van der Waals surface area contributed by atoms with Crippen LogP contribution in [-0.2, 0) is 5.41 Å². The summed E-state index contributed by atoms with van der Waals surface area (Å²) in [5, 5.41) is 4.19. The predicted molar refractivity (Wildman–Crippen MR) is 57.6 cm³/mol. The number of benzene rings is 1. The second-order valence-electron chi connectivity index (χ2n) is 4.22. The summed E-state index contributed by atoms with van der Waals surface area (Å²) in [5.74, 6) is 0. The first-order valence-corrected chi connectivity index (χ1v) is 5.02. The Morgan fingerprint density at radius 3 is 2.85 bits per heavy atom. The van der Waals surface area contributed by atoms with Crippen LogP contribution in [0, 0.1) is 0 Å². The molecule has 1 aliphatic heterocycles. The van der Waals surface area contributed by atoms with Crippen molar-refractivity contribution in [3.63, 3.8) is 0 Å². The molecule has 1 nitrogen and oxygen atoms in total. The van der Waals surface area contributed by atoms with E-state index in [4.69, 9.17) is 11.6 Å². The van der Waals surface area contributed by atoms with E-state index in [0.717, 1.165) is 17.3 Å². The van der Waals surface area contributed by atoms with Gasteiger partial charge in [-0.3, -0.25) is 0 Å². The number of hydrogen-bond acceptors (Lipinski definition) is 1. The minimum atomic E-state index is 0.255. The second-order valence-corrected chi connectivity index (χ2v) is 4.63. The van der Waals surface area contributed by atoms with E-state index in [-0.39, 0.29) is 5.41 Å². The van der Waals surface area contributed by atoms with Crippen LogP contribution in [0.5, 0.6) is 0 Å². The van der Waals surface area contributed by atoms with Crippen LogP contribution in [0.1, 0.15) is 25.8 Å². The van der Waals surface area contributed by atoms with Gasteiger partial charge in [0.2, 0.25) is 0 Å². The first-order valence-electron chi connectivity index (χ1n) is 4.64. The monoisotopic (exact) mass is 195 g/mol. The molecular formula is C11H14ClN. The Balaban J connectivity index is 2.58. The SMILES string of the molecule is CC1(C)CCNc2c(Cl)cccc21. The van der Waals surface area contributed by atoms with Crippen molar-refractivity contribution in [1.29, 1.82) is 0 Å². The van der Waals surface area contributed by atoms with Crippen molar-refractivity contribution in [3.05, 3.63) is 28.8 Å². The number of halogens is 1. The zero-order chi connectivity index (χ0) is 9.47. The minimum Gasteiger partial charge on any atom is -0.384 e. The molecule has 2 heteroatoms. The fraction of sp³-hybridized carbons (Fsp3) is 0.455. The van der Waals surface area contributed by atoms with E-state index in [2.05, 4.69) is 25.2 Å². The highest BCUT2D eigenvalue weighted by Crippen LogP contribution is 2.39. The highest BCUT2D eigenvalue weighted by Gasteiger charge is 2.27. The van der Waals surface area contributed by atoms with Gasteiger partial charge in [-0.25, -0.2) is 0 Å². The van der Waals surface area contributed by atoms with Crippen LogP contribution >= 0.6 is 11.6 Å². The number of hydrogen-bond donors (Lipinski definition) is 1. The average molecular weight is 196 g/mol. The molecule has 0 atom stereocenters. The summed E-state index contributed by atoms with van der Waals surface area (Å²) in [6.07, 6.45) is 1.17. The summed E-state index contributed by atoms with van der Waals surface area (Å²) >= 11 is 6.11. The van der Waals surface area contributed by atoms with E-state index in [1.165, 1.54) is 12.0 Å². The van der Waals surface area contributed by atoms with Gasteiger partial charge in [-0.15, -0.1) is 0 Å². The number of para-hydroxylation sites is 1. The van der Waals surface area contributed by atoms with E-state index in [1.54, 1.807) is 0 Å². The van der Waals surface area contributed by atoms with Crippen LogP contribution in [-0.4, -0.2) is 6.54 Å². The molecule has 0 amide bonds. The highest BCUT2D eigenvalue weighted by atomic mass is 35.5. The van der Waals surface area contributed by atoms with Crippen molar-refractivity contribution in [1.82, 2.24) is 0 Å². The Morgan fingerprint density at radius 1 is 1.38 bits per heavy atom. The van der Waals surface area contributed by atoms with Crippen LogP contribution in [0.15, 0.2) is 18.2 Å². The van der Waals surface area contributed by atoms with E-state index in [1.807, 2.05) is 12.1 Å². The maximum atomic E-state index is 6.11. The van der Waals surface area contributed by atoms with Crippen molar-refractivity contribution in [2.45, 2.75) is 25.7 Å². The lowest BCUT2D eigenvalue weighted by atomic mass is 9.78. The van der Waals surface area contributed by atoms with Crippen LogP contribution in [0.3, 0.4) is 0 Å². The summed E-state index contributed by atoms with van der Waals surface area (Å²) < 4.78 is 0. The Kier molecular flexibility index (Phi) is 1.99. The molecule has 0 aromatic heterocycles. The van der Waals surface area contributed by atoms with Gasteiger partial charge in [-0.1, -0.05) is 37.6 Å². The van der Waals surface area contributed by atoms with Crippen LogP contribution in [0.4, 0.5) is 5.69 Å². The normalized spacial score (nSPS) is 19.0. The first-order chi connectivity index (χ1) is 6.11. The van der Waals surface area contributed by atoms with Crippen molar-refractivity contribution < 1.29 is 0 Å². The highest BCUT2D eigenvalue weighted by molar-refractivity contribution is 6.33. The molecule has 0 radical (unpaired) electrons. The Labute approximate surface area is 84.1 Å². The van der Waals surface area contributed by atoms with Crippen molar-refractivity contribution in [3.8, 4) is 0 Å². The molecule has 0 spiro atoms. The number of rotatable bonds is 0. The molecule has 0 bridgehead atoms. The quantitative estimate of drug-likeness (QED) is 0.669. The maximum absolute atomic E-state index is 6.11. The van der Waals surface area contributed by atoms with Crippen LogP contribution in [0.25, 0.3) is 0 Å². The van der Waals surface area contributed by atoms with E-state index >= 15 is 0 Å². The minimum absolute atomic E-state index is 0.255. The smallest absolute Gasteiger partial charge is 0.0640 e. The topological polar surface area (TPSA) is 12.0 Å². The molecule has 0 saturated carbocycles. The molecule has 70 valence electrons. The molecular weight excluding hydrogens is 182 g/mol. The Bertz CT molecular complexity index is 331. The van der Waals surface area contributed by atoms with Gasteiger partial charge in [0, 0.05) is 6.54 Å². The molecule has 0 saturated heterocycles. The van der Waals surface area contributed by atoms with Crippen LogP contribution in [0.2, 0.25) is 5.02 Å². The van der Waals surface area contributed by atoms with Gasteiger partial charge in [0.15, 0.2) is 0 Å². The van der Waals surface area contributed by atoms with Crippen molar-refractivity contribution in [2.75, 3.05) is 11.9 Å². The summed E-state index contributed by atoms with van der Waals surface area (Å²) in [6.45, 7) is 5.55. The van der Waals surface area contributed by atoms with Gasteiger partial charge < -0.3 is 5.32 Å². The average Bonchev–Trinajstić information content (AvgIpc) is 2.06. The van der Waals surface area contributed by atoms with Crippen molar-refractivity contribution in [2.24, 2.45) is 0 Å². The molecule has 1 N–H and O–H groups in total. The zero-order valence-corrected chi connectivity index (χ0v) is 8.78. The van der Waals surface area contributed by atoms with Crippen LogP contribution < -0.4 is 5.32 Å².